The number of aromatic nitrogens is 3. The zero-order chi connectivity index (χ0) is 23.6. The first-order valence-electron chi connectivity index (χ1n) is 10.6. The summed E-state index contributed by atoms with van der Waals surface area (Å²) in [5.41, 5.74) is 8.86. The Morgan fingerprint density at radius 3 is 2.52 bits per heavy atom. The smallest absolute Gasteiger partial charge is 0.369 e. The molecule has 3 N–H and O–H groups in total. The number of H-pyrrole nitrogens is 1. The Morgan fingerprint density at radius 1 is 1.15 bits per heavy atom. The molecule has 1 atom stereocenters. The van der Waals surface area contributed by atoms with Gasteiger partial charge in [-0.1, -0.05) is 24.3 Å². The summed E-state index contributed by atoms with van der Waals surface area (Å²) in [6.45, 7) is 4.94. The van der Waals surface area contributed by atoms with E-state index >= 15 is 0 Å². The molecule has 1 aliphatic rings. The van der Waals surface area contributed by atoms with Crippen LogP contribution in [0.25, 0.3) is 11.3 Å². The Morgan fingerprint density at radius 2 is 1.91 bits per heavy atom. The van der Waals surface area contributed by atoms with Gasteiger partial charge in [-0.05, 0) is 30.2 Å². The fourth-order valence-corrected chi connectivity index (χ4v) is 4.20. The average molecular weight is 458 g/mol. The van der Waals surface area contributed by atoms with Gasteiger partial charge >= 0.3 is 6.18 Å². The largest absolute Gasteiger partial charge is 0.433 e. The van der Waals surface area contributed by atoms with Gasteiger partial charge in [-0.25, -0.2) is 4.98 Å². The Labute approximate surface area is 189 Å². The fourth-order valence-electron chi connectivity index (χ4n) is 4.20. The Bertz CT molecular complexity index is 1090. The van der Waals surface area contributed by atoms with Crippen LogP contribution in [0.5, 0.6) is 0 Å². The molecule has 0 bridgehead atoms. The number of anilines is 1. The molecule has 174 valence electrons. The van der Waals surface area contributed by atoms with E-state index in [0.29, 0.717) is 18.8 Å². The van der Waals surface area contributed by atoms with Crippen LogP contribution in [0.1, 0.15) is 23.7 Å². The number of piperazine rings is 1. The summed E-state index contributed by atoms with van der Waals surface area (Å²) in [6, 6.07) is 10.3. The maximum Gasteiger partial charge on any atom is 0.433 e. The van der Waals surface area contributed by atoms with Crippen LogP contribution in [-0.2, 0) is 23.9 Å². The molecule has 1 saturated heterocycles. The van der Waals surface area contributed by atoms with Gasteiger partial charge in [0.2, 0.25) is 5.91 Å². The lowest BCUT2D eigenvalue weighted by Crippen LogP contribution is -2.51. The molecular weight excluding hydrogens is 433 g/mol. The molecule has 0 radical (unpaired) electrons. The van der Waals surface area contributed by atoms with E-state index < -0.39 is 11.9 Å². The second kappa shape index (κ2) is 9.22. The number of primary amides is 1. The molecule has 0 aliphatic carbocycles. The summed E-state index contributed by atoms with van der Waals surface area (Å²) in [5, 5.41) is 7.26. The van der Waals surface area contributed by atoms with Crippen molar-refractivity contribution in [1.82, 2.24) is 20.1 Å². The highest BCUT2D eigenvalue weighted by molar-refractivity contribution is 5.77. The van der Waals surface area contributed by atoms with Crippen LogP contribution >= 0.6 is 0 Å². The van der Waals surface area contributed by atoms with Gasteiger partial charge < -0.3 is 10.6 Å². The maximum atomic E-state index is 12.8. The van der Waals surface area contributed by atoms with Crippen LogP contribution in [0.3, 0.4) is 0 Å². The number of nitrogens with zero attached hydrogens (tertiary/aromatic N) is 4. The summed E-state index contributed by atoms with van der Waals surface area (Å²) in [5.74, 6) is -0.370. The molecule has 1 aliphatic heterocycles. The lowest BCUT2D eigenvalue weighted by atomic mass is 10.0. The average Bonchev–Trinajstić information content (AvgIpc) is 3.21. The number of rotatable bonds is 6. The van der Waals surface area contributed by atoms with Gasteiger partial charge in [0.25, 0.3) is 0 Å². The van der Waals surface area contributed by atoms with E-state index in [-0.39, 0.29) is 18.4 Å². The highest BCUT2D eigenvalue weighted by Crippen LogP contribution is 2.30. The Kier molecular flexibility index (Phi) is 6.37. The van der Waals surface area contributed by atoms with Gasteiger partial charge in [-0.2, -0.15) is 18.3 Å². The van der Waals surface area contributed by atoms with Crippen molar-refractivity contribution in [1.29, 1.82) is 0 Å². The van der Waals surface area contributed by atoms with Crippen molar-refractivity contribution in [3.63, 3.8) is 0 Å². The van der Waals surface area contributed by atoms with Crippen molar-refractivity contribution in [2.24, 2.45) is 5.73 Å². The quantitative estimate of drug-likeness (QED) is 0.592. The molecule has 0 unspecified atom stereocenters. The van der Waals surface area contributed by atoms with Crippen molar-refractivity contribution in [3.05, 3.63) is 65.6 Å². The Balaban J connectivity index is 1.40. The topological polar surface area (TPSA) is 91.1 Å². The molecule has 0 spiro atoms. The Hall–Kier alpha value is -3.40. The molecule has 1 fully saturated rings. The normalized spacial score (nSPS) is 17.3. The molecule has 7 nitrogen and oxygen atoms in total. The molecule has 0 saturated carbocycles. The predicted octanol–water partition coefficient (Wildman–Crippen LogP) is 3.23. The van der Waals surface area contributed by atoms with Crippen molar-refractivity contribution < 1.29 is 18.0 Å². The molecule has 10 heteroatoms. The van der Waals surface area contributed by atoms with E-state index in [2.05, 4.69) is 31.9 Å². The molecule has 33 heavy (non-hydrogen) atoms. The number of benzene rings is 1. The number of alkyl halides is 3. The maximum absolute atomic E-state index is 12.8. The summed E-state index contributed by atoms with van der Waals surface area (Å²) >= 11 is 0. The molecule has 3 heterocycles. The summed E-state index contributed by atoms with van der Waals surface area (Å²) in [7, 11) is 0. The third-order valence-corrected chi connectivity index (χ3v) is 5.81. The molecule has 1 aromatic carbocycles. The number of carbonyl (C=O) groups is 1. The van der Waals surface area contributed by atoms with Crippen LogP contribution in [0, 0.1) is 0 Å². The van der Waals surface area contributed by atoms with E-state index in [0.717, 1.165) is 41.5 Å². The third-order valence-electron chi connectivity index (χ3n) is 5.81. The zero-order valence-electron chi connectivity index (χ0n) is 18.1. The molecule has 1 amide bonds. The van der Waals surface area contributed by atoms with Crippen molar-refractivity contribution in [2.45, 2.75) is 32.1 Å². The van der Waals surface area contributed by atoms with Crippen molar-refractivity contribution in [2.75, 3.05) is 24.5 Å². The summed E-state index contributed by atoms with van der Waals surface area (Å²) in [4.78, 5) is 19.1. The molecule has 2 aromatic heterocycles. The first-order chi connectivity index (χ1) is 15.7. The monoisotopic (exact) mass is 458 g/mol. The first kappa shape index (κ1) is 22.8. The number of carbonyl (C=O) groups excluding carboxylic acids is 1. The third kappa shape index (κ3) is 5.33. The van der Waals surface area contributed by atoms with E-state index in [9.17, 15) is 18.0 Å². The highest BCUT2D eigenvalue weighted by atomic mass is 19.4. The van der Waals surface area contributed by atoms with E-state index in [1.54, 1.807) is 0 Å². The van der Waals surface area contributed by atoms with Crippen molar-refractivity contribution in [3.8, 4) is 11.3 Å². The number of pyridine rings is 1. The number of aromatic amines is 1. The van der Waals surface area contributed by atoms with E-state index in [4.69, 9.17) is 5.73 Å². The van der Waals surface area contributed by atoms with Gasteiger partial charge in [-0.15, -0.1) is 0 Å². The summed E-state index contributed by atoms with van der Waals surface area (Å²) < 4.78 is 38.4. The van der Waals surface area contributed by atoms with Gasteiger partial charge in [0.15, 0.2) is 0 Å². The van der Waals surface area contributed by atoms with Gasteiger partial charge in [-0.3, -0.25) is 14.8 Å². The molecular formula is C23H25F3N6O. The fraction of sp³-hybridized carbons (Fsp3) is 0.348. The predicted molar refractivity (Wildman–Crippen MR) is 118 cm³/mol. The minimum Gasteiger partial charge on any atom is -0.369 e. The second-order valence-corrected chi connectivity index (χ2v) is 8.29. The van der Waals surface area contributed by atoms with Gasteiger partial charge in [0, 0.05) is 37.8 Å². The van der Waals surface area contributed by atoms with Crippen LogP contribution in [0.4, 0.5) is 18.9 Å². The van der Waals surface area contributed by atoms with Gasteiger partial charge in [0.05, 0.1) is 30.2 Å². The minimum absolute atomic E-state index is 0.112. The minimum atomic E-state index is -4.44. The standard InChI is InChI=1S/C23H25F3N6O/c1-15-13-31(8-9-32(15)19-6-7-20(28-12-19)23(24,25)26)14-18-11-29-30-22(18)17-4-2-16(3-5-17)10-21(27)33/h2-7,11-12,15H,8-10,13-14H2,1H3,(H2,27,33)(H,29,30)/t15-/m1/s1. The number of hydrogen-bond donors (Lipinski definition) is 2. The first-order valence-corrected chi connectivity index (χ1v) is 10.6. The SMILES string of the molecule is C[C@@H]1CN(Cc2cn[nH]c2-c2ccc(CC(N)=O)cc2)CCN1c1ccc(C(F)(F)F)nc1. The number of hydrogen-bond acceptors (Lipinski definition) is 5. The number of amides is 1. The lowest BCUT2D eigenvalue weighted by molar-refractivity contribution is -0.141. The van der Waals surface area contributed by atoms with Crippen LogP contribution in [0.15, 0.2) is 48.8 Å². The van der Waals surface area contributed by atoms with Crippen LogP contribution in [-0.4, -0.2) is 51.7 Å². The van der Waals surface area contributed by atoms with Crippen LogP contribution < -0.4 is 10.6 Å². The van der Waals surface area contributed by atoms with Gasteiger partial charge in [0.1, 0.15) is 5.69 Å². The van der Waals surface area contributed by atoms with Crippen LogP contribution in [0.2, 0.25) is 0 Å². The van der Waals surface area contributed by atoms with E-state index in [1.165, 1.54) is 12.3 Å². The molecule has 4 rings (SSSR count). The second-order valence-electron chi connectivity index (χ2n) is 8.29. The zero-order valence-corrected chi connectivity index (χ0v) is 18.1. The number of nitrogens with two attached hydrogens (primary N) is 1. The molecule has 3 aromatic rings. The summed E-state index contributed by atoms with van der Waals surface area (Å²) in [6.07, 6.45) is -1.13. The van der Waals surface area contributed by atoms with E-state index in [1.807, 2.05) is 30.5 Å². The van der Waals surface area contributed by atoms with Crippen molar-refractivity contribution >= 4 is 11.6 Å². The highest BCUT2D eigenvalue weighted by Gasteiger charge is 2.33. The number of nitrogens with one attached hydrogen (secondary N) is 1. The lowest BCUT2D eigenvalue weighted by Gasteiger charge is -2.41. The number of halogens is 3.